The summed E-state index contributed by atoms with van der Waals surface area (Å²) in [4.78, 5) is 13.6. The third kappa shape index (κ3) is 5.63. The van der Waals surface area contributed by atoms with Gasteiger partial charge in [0.15, 0.2) is 9.84 Å². The fourth-order valence-electron chi connectivity index (χ4n) is 2.75. The van der Waals surface area contributed by atoms with Crippen LogP contribution in [0.2, 0.25) is 0 Å². The van der Waals surface area contributed by atoms with Crippen LogP contribution in [0.15, 0.2) is 24.3 Å². The molecule has 1 aromatic rings. The molecule has 1 fully saturated rings. The molecule has 0 aromatic heterocycles. The highest BCUT2D eigenvalue weighted by Crippen LogP contribution is 2.25. The van der Waals surface area contributed by atoms with Crippen LogP contribution in [-0.4, -0.2) is 57.1 Å². The smallest absolute Gasteiger partial charge is 0.317 e. The highest BCUT2D eigenvalue weighted by Gasteiger charge is 2.32. The van der Waals surface area contributed by atoms with Crippen LogP contribution in [0, 0.1) is 0 Å². The summed E-state index contributed by atoms with van der Waals surface area (Å²) >= 11 is 0. The van der Waals surface area contributed by atoms with Gasteiger partial charge in [0.1, 0.15) is 12.4 Å². The number of carbonyl (C=O) groups is 1. The molecule has 0 bridgehead atoms. The molecule has 1 aliphatic heterocycles. The van der Waals surface area contributed by atoms with Crippen LogP contribution in [0.3, 0.4) is 0 Å². The van der Waals surface area contributed by atoms with Gasteiger partial charge in [-0.25, -0.2) is 13.2 Å². The van der Waals surface area contributed by atoms with Crippen LogP contribution in [0.5, 0.6) is 5.75 Å². The first-order valence-electron chi connectivity index (χ1n) is 8.53. The second-order valence-corrected chi connectivity index (χ2v) is 9.75. The van der Waals surface area contributed by atoms with Gasteiger partial charge in [-0.15, -0.1) is 0 Å². The number of carbonyl (C=O) groups excluding carboxylic acids is 1. The maximum Gasteiger partial charge on any atom is 0.317 e. The molecule has 0 radical (unpaired) electrons. The van der Waals surface area contributed by atoms with Crippen molar-refractivity contribution in [2.75, 3.05) is 31.7 Å². The number of amides is 2. The third-order valence-electron chi connectivity index (χ3n) is 4.42. The van der Waals surface area contributed by atoms with Crippen molar-refractivity contribution >= 4 is 15.9 Å². The Balaban J connectivity index is 1.77. The van der Waals surface area contributed by atoms with E-state index in [1.807, 2.05) is 18.2 Å². The molecule has 25 heavy (non-hydrogen) atoms. The van der Waals surface area contributed by atoms with E-state index in [4.69, 9.17) is 4.74 Å². The summed E-state index contributed by atoms with van der Waals surface area (Å²) in [5, 5.41) is 2.77. The first-order valence-corrected chi connectivity index (χ1v) is 10.3. The fourth-order valence-corrected chi connectivity index (χ4v) is 4.52. The number of rotatable bonds is 5. The SMILES string of the molecule is CN(C(=O)NCCOc1cccc(C(C)(C)C)c1)C1CCS(=O)(=O)C1. The van der Waals surface area contributed by atoms with Gasteiger partial charge in [0.25, 0.3) is 0 Å². The van der Waals surface area contributed by atoms with Crippen molar-refractivity contribution in [3.63, 3.8) is 0 Å². The molecule has 1 heterocycles. The third-order valence-corrected chi connectivity index (χ3v) is 6.17. The van der Waals surface area contributed by atoms with Gasteiger partial charge in [-0.05, 0) is 29.5 Å². The highest BCUT2D eigenvalue weighted by molar-refractivity contribution is 7.91. The Morgan fingerprint density at radius 1 is 1.36 bits per heavy atom. The maximum atomic E-state index is 12.1. The largest absolute Gasteiger partial charge is 0.492 e. The minimum absolute atomic E-state index is 0.0486. The monoisotopic (exact) mass is 368 g/mol. The van der Waals surface area contributed by atoms with Gasteiger partial charge in [0.05, 0.1) is 18.1 Å². The van der Waals surface area contributed by atoms with Crippen LogP contribution in [0.25, 0.3) is 0 Å². The maximum absolute atomic E-state index is 12.1. The van der Waals surface area contributed by atoms with Crippen molar-refractivity contribution < 1.29 is 17.9 Å². The van der Waals surface area contributed by atoms with E-state index < -0.39 is 9.84 Å². The van der Waals surface area contributed by atoms with E-state index in [-0.39, 0.29) is 29.0 Å². The molecule has 140 valence electrons. The number of ether oxygens (including phenoxy) is 1. The molecule has 0 saturated carbocycles. The van der Waals surface area contributed by atoms with Gasteiger partial charge in [-0.3, -0.25) is 0 Å². The molecular weight excluding hydrogens is 340 g/mol. The van der Waals surface area contributed by atoms with Crippen LogP contribution >= 0.6 is 0 Å². The van der Waals surface area contributed by atoms with Crippen molar-refractivity contribution in [3.05, 3.63) is 29.8 Å². The van der Waals surface area contributed by atoms with Gasteiger partial charge in [0, 0.05) is 13.1 Å². The molecule has 6 nitrogen and oxygen atoms in total. The Morgan fingerprint density at radius 2 is 2.08 bits per heavy atom. The summed E-state index contributed by atoms with van der Waals surface area (Å²) in [6, 6.07) is 7.43. The van der Waals surface area contributed by atoms with Crippen LogP contribution in [-0.2, 0) is 15.3 Å². The lowest BCUT2D eigenvalue weighted by Crippen LogP contribution is -2.45. The zero-order valence-electron chi connectivity index (χ0n) is 15.4. The quantitative estimate of drug-likeness (QED) is 0.809. The average molecular weight is 368 g/mol. The van der Waals surface area contributed by atoms with E-state index in [0.29, 0.717) is 19.6 Å². The Morgan fingerprint density at radius 3 is 2.68 bits per heavy atom. The Labute approximate surface area is 150 Å². The van der Waals surface area contributed by atoms with Crippen molar-refractivity contribution in [1.82, 2.24) is 10.2 Å². The number of hydrogen-bond donors (Lipinski definition) is 1. The molecule has 1 saturated heterocycles. The Kier molecular flexibility index (Phi) is 5.98. The average Bonchev–Trinajstić information content (AvgIpc) is 2.90. The second-order valence-electron chi connectivity index (χ2n) is 7.53. The van der Waals surface area contributed by atoms with Crippen molar-refractivity contribution in [3.8, 4) is 5.75 Å². The minimum atomic E-state index is -3.00. The van der Waals surface area contributed by atoms with E-state index >= 15 is 0 Å². The minimum Gasteiger partial charge on any atom is -0.492 e. The van der Waals surface area contributed by atoms with Gasteiger partial charge in [-0.2, -0.15) is 0 Å². The van der Waals surface area contributed by atoms with E-state index in [1.165, 1.54) is 10.5 Å². The van der Waals surface area contributed by atoms with Crippen LogP contribution < -0.4 is 10.1 Å². The van der Waals surface area contributed by atoms with Crippen molar-refractivity contribution in [1.29, 1.82) is 0 Å². The first kappa shape index (κ1) is 19.6. The number of urea groups is 1. The zero-order valence-corrected chi connectivity index (χ0v) is 16.2. The lowest BCUT2D eigenvalue weighted by atomic mass is 9.87. The molecule has 1 unspecified atom stereocenters. The molecule has 0 aliphatic carbocycles. The van der Waals surface area contributed by atoms with E-state index in [0.717, 1.165) is 5.75 Å². The molecule has 7 heteroatoms. The topological polar surface area (TPSA) is 75.7 Å². The number of nitrogens with one attached hydrogen (secondary N) is 1. The summed E-state index contributed by atoms with van der Waals surface area (Å²) in [5.41, 5.74) is 1.24. The lowest BCUT2D eigenvalue weighted by Gasteiger charge is -2.23. The van der Waals surface area contributed by atoms with E-state index in [9.17, 15) is 13.2 Å². The molecule has 0 spiro atoms. The van der Waals surface area contributed by atoms with E-state index in [1.54, 1.807) is 7.05 Å². The molecule has 2 amide bonds. The van der Waals surface area contributed by atoms with Gasteiger partial charge in [-0.1, -0.05) is 32.9 Å². The predicted molar refractivity (Wildman–Crippen MR) is 98.9 cm³/mol. The summed E-state index contributed by atoms with van der Waals surface area (Å²) in [6.07, 6.45) is 0.502. The second kappa shape index (κ2) is 7.64. The molecular formula is C18H28N2O4S. The van der Waals surface area contributed by atoms with Crippen molar-refractivity contribution in [2.24, 2.45) is 0 Å². The number of nitrogens with zero attached hydrogens (tertiary/aromatic N) is 1. The first-order chi connectivity index (χ1) is 11.6. The summed E-state index contributed by atoms with van der Waals surface area (Å²) < 4.78 is 28.7. The number of hydrogen-bond acceptors (Lipinski definition) is 4. The van der Waals surface area contributed by atoms with Crippen molar-refractivity contribution in [2.45, 2.75) is 38.6 Å². The summed E-state index contributed by atoms with van der Waals surface area (Å²) in [5.74, 6) is 0.979. The summed E-state index contributed by atoms with van der Waals surface area (Å²) in [6.45, 7) is 7.15. The molecule has 1 aromatic carbocycles. The standard InChI is InChI=1S/C18H28N2O4S/c1-18(2,3)14-6-5-7-16(12-14)24-10-9-19-17(21)20(4)15-8-11-25(22,23)13-15/h5-7,12,15H,8-11,13H2,1-4H3,(H,19,21). The van der Waals surface area contributed by atoms with Crippen LogP contribution in [0.1, 0.15) is 32.8 Å². The fraction of sp³-hybridized carbons (Fsp3) is 0.611. The Bertz CT molecular complexity index is 710. The normalized spacial score (nSPS) is 19.4. The van der Waals surface area contributed by atoms with E-state index in [2.05, 4.69) is 32.2 Å². The van der Waals surface area contributed by atoms with Crippen LogP contribution in [0.4, 0.5) is 4.79 Å². The Hall–Kier alpha value is -1.76. The van der Waals surface area contributed by atoms with Gasteiger partial charge in [0.2, 0.25) is 0 Å². The molecule has 1 atom stereocenters. The number of sulfone groups is 1. The van der Waals surface area contributed by atoms with Gasteiger partial charge >= 0.3 is 6.03 Å². The highest BCUT2D eigenvalue weighted by atomic mass is 32.2. The zero-order chi connectivity index (χ0) is 18.7. The lowest BCUT2D eigenvalue weighted by molar-refractivity contribution is 0.192. The molecule has 1 aliphatic rings. The molecule has 2 rings (SSSR count). The predicted octanol–water partition coefficient (Wildman–Crippen LogP) is 2.19. The number of benzene rings is 1. The summed E-state index contributed by atoms with van der Waals surface area (Å²) in [7, 11) is -1.36. The molecule has 1 N–H and O–H groups in total. The van der Waals surface area contributed by atoms with Gasteiger partial charge < -0.3 is 15.0 Å².